The second kappa shape index (κ2) is 7.25. The van der Waals surface area contributed by atoms with Crippen molar-refractivity contribution in [2.75, 3.05) is 20.2 Å². The summed E-state index contributed by atoms with van der Waals surface area (Å²) in [5.74, 6) is -1.34. The number of rotatable bonds is 6. The lowest BCUT2D eigenvalue weighted by Crippen LogP contribution is -2.31. The van der Waals surface area contributed by atoms with Crippen molar-refractivity contribution in [1.29, 1.82) is 0 Å². The summed E-state index contributed by atoms with van der Waals surface area (Å²) in [4.78, 5) is -0.706. The molecule has 2 rings (SSSR count). The second-order valence-corrected chi connectivity index (χ2v) is 7.16. The topological polar surface area (TPSA) is 46.6 Å². The van der Waals surface area contributed by atoms with Crippen LogP contribution in [0.3, 0.4) is 0 Å². The van der Waals surface area contributed by atoms with E-state index in [1.165, 1.54) is 7.05 Å². The lowest BCUT2D eigenvalue weighted by Gasteiger charge is -2.18. The Kier molecular flexibility index (Phi) is 5.56. The summed E-state index contributed by atoms with van der Waals surface area (Å²) in [6.07, 6.45) is 0. The lowest BCUT2D eigenvalue weighted by molar-refractivity contribution is 0.286. The minimum absolute atomic E-state index is 0.0347. The zero-order valence-corrected chi connectivity index (χ0v) is 13.7. The molecule has 0 spiro atoms. The third-order valence-electron chi connectivity index (χ3n) is 3.05. The third-order valence-corrected chi connectivity index (χ3v) is 5.16. The van der Waals surface area contributed by atoms with E-state index >= 15 is 0 Å². The molecule has 0 aliphatic rings. The number of nitrogens with zero attached hydrogens (tertiary/aromatic N) is 1. The molecule has 0 aromatic heterocycles. The van der Waals surface area contributed by atoms with E-state index < -0.39 is 26.6 Å². The van der Waals surface area contributed by atoms with E-state index in [0.717, 1.165) is 16.4 Å². The first-order valence-corrected chi connectivity index (χ1v) is 8.42. The molecule has 0 N–H and O–H groups in total. The van der Waals surface area contributed by atoms with E-state index in [2.05, 4.69) is 0 Å². The van der Waals surface area contributed by atoms with Crippen molar-refractivity contribution in [3.8, 4) is 5.75 Å². The van der Waals surface area contributed by atoms with Crippen LogP contribution in [0.4, 0.5) is 8.78 Å². The van der Waals surface area contributed by atoms with Gasteiger partial charge in [0.25, 0.3) is 0 Å². The number of halogens is 3. The van der Waals surface area contributed by atoms with Crippen LogP contribution in [0.1, 0.15) is 0 Å². The van der Waals surface area contributed by atoms with Crippen molar-refractivity contribution in [3.63, 3.8) is 0 Å². The molecule has 0 aliphatic heterocycles. The number of likely N-dealkylation sites (N-methyl/N-ethyl adjacent to an activating group) is 1. The van der Waals surface area contributed by atoms with E-state index in [4.69, 9.17) is 16.3 Å². The van der Waals surface area contributed by atoms with Gasteiger partial charge < -0.3 is 4.74 Å². The van der Waals surface area contributed by atoms with Crippen molar-refractivity contribution in [1.82, 2.24) is 4.31 Å². The molecule has 0 heterocycles. The van der Waals surface area contributed by atoms with Crippen LogP contribution < -0.4 is 4.74 Å². The van der Waals surface area contributed by atoms with Crippen LogP contribution in [-0.2, 0) is 10.0 Å². The van der Waals surface area contributed by atoms with Crippen LogP contribution in [-0.4, -0.2) is 32.9 Å². The highest BCUT2D eigenvalue weighted by Gasteiger charge is 2.25. The van der Waals surface area contributed by atoms with Gasteiger partial charge in [-0.3, -0.25) is 0 Å². The molecule has 0 saturated heterocycles. The number of sulfonamides is 1. The highest BCUT2D eigenvalue weighted by molar-refractivity contribution is 7.89. The van der Waals surface area contributed by atoms with Gasteiger partial charge in [-0.1, -0.05) is 17.7 Å². The molecular weight excluding hydrogens is 348 g/mol. The van der Waals surface area contributed by atoms with Gasteiger partial charge in [-0.05, 0) is 36.4 Å². The summed E-state index contributed by atoms with van der Waals surface area (Å²) in [6.45, 7) is -0.00218. The number of benzene rings is 2. The highest BCUT2D eigenvalue weighted by atomic mass is 35.5. The van der Waals surface area contributed by atoms with E-state index in [0.29, 0.717) is 16.8 Å². The fourth-order valence-corrected chi connectivity index (χ4v) is 3.22. The van der Waals surface area contributed by atoms with E-state index in [9.17, 15) is 17.2 Å². The Morgan fingerprint density at radius 1 is 1.17 bits per heavy atom. The van der Waals surface area contributed by atoms with Gasteiger partial charge in [0.2, 0.25) is 10.0 Å². The number of ether oxygens (including phenoxy) is 1. The van der Waals surface area contributed by atoms with Crippen LogP contribution in [0.25, 0.3) is 0 Å². The zero-order chi connectivity index (χ0) is 17.0. The molecular formula is C15H14ClF2NO3S. The predicted octanol–water partition coefficient (Wildman–Crippen LogP) is 3.32. The molecule has 4 nitrogen and oxygen atoms in total. The normalized spacial score (nSPS) is 11.7. The Hall–Kier alpha value is -1.70. The number of hydrogen-bond acceptors (Lipinski definition) is 3. The summed E-state index contributed by atoms with van der Waals surface area (Å²) in [5, 5.41) is 0.491. The molecule has 2 aromatic rings. The van der Waals surface area contributed by atoms with Crippen molar-refractivity contribution in [2.45, 2.75) is 4.90 Å². The van der Waals surface area contributed by atoms with Crippen LogP contribution in [0.5, 0.6) is 5.75 Å². The predicted molar refractivity (Wildman–Crippen MR) is 83.1 cm³/mol. The van der Waals surface area contributed by atoms with Crippen LogP contribution in [0.2, 0.25) is 5.02 Å². The van der Waals surface area contributed by atoms with Gasteiger partial charge in [0, 0.05) is 18.6 Å². The summed E-state index contributed by atoms with van der Waals surface area (Å²) < 4.78 is 57.6. The number of hydrogen-bond donors (Lipinski definition) is 0. The smallest absolute Gasteiger partial charge is 0.245 e. The Morgan fingerprint density at radius 2 is 1.91 bits per heavy atom. The molecule has 0 saturated carbocycles. The largest absolute Gasteiger partial charge is 0.492 e. The maximum absolute atomic E-state index is 13.6. The second-order valence-electron chi connectivity index (χ2n) is 4.71. The molecule has 2 aromatic carbocycles. The van der Waals surface area contributed by atoms with Gasteiger partial charge in [-0.2, -0.15) is 4.31 Å². The van der Waals surface area contributed by atoms with Gasteiger partial charge in [0.05, 0.1) is 0 Å². The molecule has 8 heteroatoms. The SMILES string of the molecule is CN(CCOc1cccc(Cl)c1)S(=O)(=O)c1cc(F)ccc1F. The summed E-state index contributed by atoms with van der Waals surface area (Å²) in [7, 11) is -2.88. The molecule has 0 fully saturated rings. The molecule has 0 amide bonds. The van der Waals surface area contributed by atoms with Gasteiger partial charge in [0.1, 0.15) is 28.9 Å². The summed E-state index contributed by atoms with van der Waals surface area (Å²) in [6, 6.07) is 8.92. The molecule has 0 aliphatic carbocycles. The molecule has 23 heavy (non-hydrogen) atoms. The first-order valence-electron chi connectivity index (χ1n) is 6.60. The zero-order valence-electron chi connectivity index (χ0n) is 12.2. The third kappa shape index (κ3) is 4.40. The average molecular weight is 362 g/mol. The van der Waals surface area contributed by atoms with E-state index in [1.54, 1.807) is 24.3 Å². The average Bonchev–Trinajstić information content (AvgIpc) is 2.49. The maximum atomic E-state index is 13.6. The highest BCUT2D eigenvalue weighted by Crippen LogP contribution is 2.20. The van der Waals surface area contributed by atoms with Gasteiger partial charge in [-0.15, -0.1) is 0 Å². The van der Waals surface area contributed by atoms with E-state index in [-0.39, 0.29) is 13.2 Å². The fraction of sp³-hybridized carbons (Fsp3) is 0.200. The van der Waals surface area contributed by atoms with Crippen molar-refractivity contribution >= 4 is 21.6 Å². The van der Waals surface area contributed by atoms with Gasteiger partial charge in [-0.25, -0.2) is 17.2 Å². The maximum Gasteiger partial charge on any atom is 0.245 e. The Balaban J connectivity index is 2.04. The molecule has 124 valence electrons. The van der Waals surface area contributed by atoms with Crippen molar-refractivity contribution in [2.24, 2.45) is 0 Å². The van der Waals surface area contributed by atoms with Crippen LogP contribution in [0.15, 0.2) is 47.4 Å². The van der Waals surface area contributed by atoms with Crippen LogP contribution >= 0.6 is 11.6 Å². The molecule has 0 radical (unpaired) electrons. The fourth-order valence-electron chi connectivity index (χ4n) is 1.81. The minimum atomic E-state index is -4.14. The Bertz CT molecular complexity index is 799. The minimum Gasteiger partial charge on any atom is -0.492 e. The van der Waals surface area contributed by atoms with Crippen molar-refractivity contribution in [3.05, 3.63) is 59.1 Å². The van der Waals surface area contributed by atoms with E-state index in [1.807, 2.05) is 0 Å². The first-order chi connectivity index (χ1) is 10.8. The molecule has 0 unspecified atom stereocenters. The Labute approximate surface area is 138 Å². The Morgan fingerprint density at radius 3 is 2.61 bits per heavy atom. The summed E-state index contributed by atoms with van der Waals surface area (Å²) >= 11 is 5.81. The first kappa shape index (κ1) is 17.7. The monoisotopic (exact) mass is 361 g/mol. The van der Waals surface area contributed by atoms with Gasteiger partial charge in [0.15, 0.2) is 0 Å². The summed E-state index contributed by atoms with van der Waals surface area (Å²) in [5.41, 5.74) is 0. The lowest BCUT2D eigenvalue weighted by atomic mass is 10.3. The standard InChI is InChI=1S/C15H14ClF2NO3S/c1-19(7-8-22-13-4-2-3-11(16)9-13)23(20,21)15-10-12(17)5-6-14(15)18/h2-6,9-10H,7-8H2,1H3. The van der Waals surface area contributed by atoms with Crippen LogP contribution in [0, 0.1) is 11.6 Å². The van der Waals surface area contributed by atoms with Crippen molar-refractivity contribution < 1.29 is 21.9 Å². The van der Waals surface area contributed by atoms with Gasteiger partial charge >= 0.3 is 0 Å². The quantitative estimate of drug-likeness (QED) is 0.793. The molecule has 0 bridgehead atoms. The molecule has 0 atom stereocenters.